The average Bonchev–Trinajstić information content (AvgIpc) is 2.55. The van der Waals surface area contributed by atoms with Crippen LogP contribution < -0.4 is 10.7 Å². The summed E-state index contributed by atoms with van der Waals surface area (Å²) in [5.74, 6) is -1.52. The van der Waals surface area contributed by atoms with E-state index in [1.54, 1.807) is 36.4 Å². The standard InChI is InChI=1S/C16H14ClN3O3/c17-13-5-1-11(2-6-13)9-18-15(22)16(23)20-19-10-12-3-7-14(21)8-4-12/h1-8,10,21H,9H2,(H,18,22)(H,20,23)/b19-10+. The largest absolute Gasteiger partial charge is 0.508 e. The van der Waals surface area contributed by atoms with Gasteiger partial charge in [-0.05, 0) is 47.5 Å². The second-order valence-corrected chi connectivity index (χ2v) is 5.04. The van der Waals surface area contributed by atoms with Crippen LogP contribution in [-0.4, -0.2) is 23.1 Å². The van der Waals surface area contributed by atoms with Crippen molar-refractivity contribution in [1.82, 2.24) is 10.7 Å². The smallest absolute Gasteiger partial charge is 0.329 e. The Hall–Kier alpha value is -2.86. The van der Waals surface area contributed by atoms with E-state index >= 15 is 0 Å². The van der Waals surface area contributed by atoms with E-state index in [1.165, 1.54) is 18.3 Å². The van der Waals surface area contributed by atoms with Gasteiger partial charge in [-0.15, -0.1) is 0 Å². The molecule has 23 heavy (non-hydrogen) atoms. The first-order valence-electron chi connectivity index (χ1n) is 6.69. The quantitative estimate of drug-likeness (QED) is 0.453. The number of hydrogen-bond acceptors (Lipinski definition) is 4. The number of nitrogens with one attached hydrogen (secondary N) is 2. The van der Waals surface area contributed by atoms with Crippen LogP contribution in [0.25, 0.3) is 0 Å². The third-order valence-corrected chi connectivity index (χ3v) is 3.10. The van der Waals surface area contributed by atoms with Crippen LogP contribution in [0, 0.1) is 0 Å². The van der Waals surface area contributed by atoms with E-state index in [4.69, 9.17) is 16.7 Å². The van der Waals surface area contributed by atoms with E-state index in [0.29, 0.717) is 10.6 Å². The van der Waals surface area contributed by atoms with Crippen LogP contribution >= 0.6 is 11.6 Å². The van der Waals surface area contributed by atoms with E-state index in [9.17, 15) is 9.59 Å². The van der Waals surface area contributed by atoms with Gasteiger partial charge in [-0.25, -0.2) is 5.43 Å². The first kappa shape index (κ1) is 16.5. The normalized spacial score (nSPS) is 10.5. The predicted octanol–water partition coefficient (Wildman–Crippen LogP) is 1.81. The van der Waals surface area contributed by atoms with Gasteiger partial charge < -0.3 is 10.4 Å². The molecule has 6 nitrogen and oxygen atoms in total. The molecule has 118 valence electrons. The molecule has 0 heterocycles. The zero-order valence-electron chi connectivity index (χ0n) is 12.0. The molecular weight excluding hydrogens is 318 g/mol. The highest BCUT2D eigenvalue weighted by molar-refractivity contribution is 6.35. The molecule has 0 aromatic heterocycles. The number of halogens is 1. The van der Waals surface area contributed by atoms with Crippen molar-refractivity contribution in [2.24, 2.45) is 5.10 Å². The number of carbonyl (C=O) groups is 2. The van der Waals surface area contributed by atoms with Crippen LogP contribution in [0.5, 0.6) is 5.75 Å². The fourth-order valence-electron chi connectivity index (χ4n) is 1.64. The summed E-state index contributed by atoms with van der Waals surface area (Å²) in [7, 11) is 0. The third kappa shape index (κ3) is 5.44. The maximum atomic E-state index is 11.6. The minimum atomic E-state index is -0.867. The highest BCUT2D eigenvalue weighted by Crippen LogP contribution is 2.09. The van der Waals surface area contributed by atoms with Crippen LogP contribution in [-0.2, 0) is 16.1 Å². The van der Waals surface area contributed by atoms with Gasteiger partial charge in [0.1, 0.15) is 5.75 Å². The summed E-state index contributed by atoms with van der Waals surface area (Å²) in [4.78, 5) is 23.2. The molecule has 0 aliphatic rings. The molecule has 0 spiro atoms. The monoisotopic (exact) mass is 331 g/mol. The topological polar surface area (TPSA) is 90.8 Å². The lowest BCUT2D eigenvalue weighted by atomic mass is 10.2. The Morgan fingerprint density at radius 1 is 1.04 bits per heavy atom. The maximum Gasteiger partial charge on any atom is 0.329 e. The molecule has 2 rings (SSSR count). The number of rotatable bonds is 4. The number of aromatic hydroxyl groups is 1. The molecular formula is C16H14ClN3O3. The van der Waals surface area contributed by atoms with Crippen molar-refractivity contribution in [1.29, 1.82) is 0 Å². The number of phenols is 1. The van der Waals surface area contributed by atoms with Crippen molar-refractivity contribution in [3.63, 3.8) is 0 Å². The summed E-state index contributed by atoms with van der Waals surface area (Å²) in [5, 5.41) is 15.9. The van der Waals surface area contributed by atoms with Gasteiger partial charge in [0.2, 0.25) is 0 Å². The molecule has 0 aliphatic heterocycles. The van der Waals surface area contributed by atoms with Crippen molar-refractivity contribution in [3.8, 4) is 5.75 Å². The Balaban J connectivity index is 1.79. The van der Waals surface area contributed by atoms with Crippen molar-refractivity contribution in [2.45, 2.75) is 6.54 Å². The molecule has 0 atom stereocenters. The third-order valence-electron chi connectivity index (χ3n) is 2.85. The summed E-state index contributed by atoms with van der Waals surface area (Å²) in [5.41, 5.74) is 3.62. The molecule has 7 heteroatoms. The van der Waals surface area contributed by atoms with E-state index in [1.807, 2.05) is 0 Å². The SMILES string of the molecule is O=C(NCc1ccc(Cl)cc1)C(=O)N/N=C/c1ccc(O)cc1. The lowest BCUT2D eigenvalue weighted by Crippen LogP contribution is -2.37. The van der Waals surface area contributed by atoms with Crippen molar-refractivity contribution in [3.05, 3.63) is 64.7 Å². The Labute approximate surface area is 137 Å². The first-order valence-corrected chi connectivity index (χ1v) is 7.07. The molecule has 0 bridgehead atoms. The molecule has 2 aromatic rings. The summed E-state index contributed by atoms with van der Waals surface area (Å²) < 4.78 is 0. The molecule has 0 fully saturated rings. The van der Waals surface area contributed by atoms with Crippen LogP contribution in [0.3, 0.4) is 0 Å². The number of nitrogens with zero attached hydrogens (tertiary/aromatic N) is 1. The zero-order valence-corrected chi connectivity index (χ0v) is 12.7. The van der Waals surface area contributed by atoms with E-state index in [-0.39, 0.29) is 12.3 Å². The lowest BCUT2D eigenvalue weighted by Gasteiger charge is -2.04. The van der Waals surface area contributed by atoms with Crippen LogP contribution in [0.15, 0.2) is 53.6 Å². The number of carbonyl (C=O) groups excluding carboxylic acids is 2. The van der Waals surface area contributed by atoms with E-state index in [0.717, 1.165) is 5.56 Å². The number of hydrazone groups is 1. The minimum absolute atomic E-state index is 0.132. The van der Waals surface area contributed by atoms with Crippen molar-refractivity contribution >= 4 is 29.6 Å². The second kappa shape index (κ2) is 7.95. The van der Waals surface area contributed by atoms with Gasteiger partial charge in [-0.3, -0.25) is 9.59 Å². The van der Waals surface area contributed by atoms with Gasteiger partial charge in [-0.2, -0.15) is 5.10 Å². The molecule has 0 radical (unpaired) electrons. The van der Waals surface area contributed by atoms with Gasteiger partial charge in [0, 0.05) is 11.6 Å². The highest BCUT2D eigenvalue weighted by Gasteiger charge is 2.11. The minimum Gasteiger partial charge on any atom is -0.508 e. The summed E-state index contributed by atoms with van der Waals surface area (Å²) in [6, 6.07) is 13.1. The molecule has 0 unspecified atom stereocenters. The lowest BCUT2D eigenvalue weighted by molar-refractivity contribution is -0.139. The fourth-order valence-corrected chi connectivity index (χ4v) is 1.77. The van der Waals surface area contributed by atoms with Crippen LogP contribution in [0.1, 0.15) is 11.1 Å². The Bertz CT molecular complexity index is 712. The molecule has 0 saturated heterocycles. The Morgan fingerprint density at radius 3 is 2.35 bits per heavy atom. The van der Waals surface area contributed by atoms with Gasteiger partial charge in [0.05, 0.1) is 6.21 Å². The van der Waals surface area contributed by atoms with Gasteiger partial charge in [-0.1, -0.05) is 23.7 Å². The fraction of sp³-hybridized carbons (Fsp3) is 0.0625. The van der Waals surface area contributed by atoms with Crippen molar-refractivity contribution < 1.29 is 14.7 Å². The van der Waals surface area contributed by atoms with Crippen molar-refractivity contribution in [2.75, 3.05) is 0 Å². The van der Waals surface area contributed by atoms with Crippen LogP contribution in [0.2, 0.25) is 5.02 Å². The van der Waals surface area contributed by atoms with Gasteiger partial charge >= 0.3 is 11.8 Å². The molecule has 0 saturated carbocycles. The van der Waals surface area contributed by atoms with E-state index < -0.39 is 11.8 Å². The maximum absolute atomic E-state index is 11.6. The molecule has 2 amide bonds. The van der Waals surface area contributed by atoms with E-state index in [2.05, 4.69) is 15.8 Å². The van der Waals surface area contributed by atoms with Crippen LogP contribution in [0.4, 0.5) is 0 Å². The summed E-state index contributed by atoms with van der Waals surface area (Å²) in [6.07, 6.45) is 1.36. The number of benzene rings is 2. The summed E-state index contributed by atoms with van der Waals surface area (Å²) in [6.45, 7) is 0.213. The summed E-state index contributed by atoms with van der Waals surface area (Å²) >= 11 is 5.76. The highest BCUT2D eigenvalue weighted by atomic mass is 35.5. The molecule has 3 N–H and O–H groups in total. The molecule has 2 aromatic carbocycles. The zero-order chi connectivity index (χ0) is 16.7. The number of hydrogen-bond donors (Lipinski definition) is 3. The van der Waals surface area contributed by atoms with Gasteiger partial charge in [0.25, 0.3) is 0 Å². The second-order valence-electron chi connectivity index (χ2n) is 4.60. The number of amides is 2. The Morgan fingerprint density at radius 2 is 1.70 bits per heavy atom. The molecule has 0 aliphatic carbocycles. The first-order chi connectivity index (χ1) is 11.0. The number of phenolic OH excluding ortho intramolecular Hbond substituents is 1. The predicted molar refractivity (Wildman–Crippen MR) is 87.1 cm³/mol. The Kier molecular flexibility index (Phi) is 5.71. The van der Waals surface area contributed by atoms with Gasteiger partial charge in [0.15, 0.2) is 0 Å². The average molecular weight is 332 g/mol.